The van der Waals surface area contributed by atoms with E-state index in [1.807, 2.05) is 7.05 Å². The Labute approximate surface area is 148 Å². The minimum Gasteiger partial charge on any atom is -0.366 e. The van der Waals surface area contributed by atoms with Crippen LogP contribution in [0.15, 0.2) is 24.3 Å². The lowest BCUT2D eigenvalue weighted by atomic mass is 10.2. The highest BCUT2D eigenvalue weighted by Gasteiger charge is 2.20. The molecular weight excluding hydrogens is 344 g/mol. The standard InChI is InChI=1S/C15H22FN3O2.2ClH/c1-19(11-12-2-4-13(16)5-3-12)8-6-18-15(20)14-10-17-7-9-21-14;;/h2-5,14,17H,6-11H2,1H3,(H,18,20);2*1H. The second-order valence-electron chi connectivity index (χ2n) is 5.22. The number of nitrogens with zero attached hydrogens (tertiary/aromatic N) is 1. The van der Waals surface area contributed by atoms with Crippen molar-refractivity contribution in [3.05, 3.63) is 35.6 Å². The first-order chi connectivity index (χ1) is 10.1. The van der Waals surface area contributed by atoms with Crippen LogP contribution in [-0.2, 0) is 16.1 Å². The molecule has 1 atom stereocenters. The predicted molar refractivity (Wildman–Crippen MR) is 92.8 cm³/mol. The van der Waals surface area contributed by atoms with Gasteiger partial charge in [-0.3, -0.25) is 4.79 Å². The van der Waals surface area contributed by atoms with Crippen molar-refractivity contribution in [2.75, 3.05) is 39.8 Å². The fourth-order valence-electron chi connectivity index (χ4n) is 2.20. The summed E-state index contributed by atoms with van der Waals surface area (Å²) in [5.41, 5.74) is 1.05. The highest BCUT2D eigenvalue weighted by molar-refractivity contribution is 5.85. The lowest BCUT2D eigenvalue weighted by Crippen LogP contribution is -2.48. The van der Waals surface area contributed by atoms with E-state index in [4.69, 9.17) is 4.74 Å². The van der Waals surface area contributed by atoms with Crippen LogP contribution in [0.25, 0.3) is 0 Å². The second-order valence-corrected chi connectivity index (χ2v) is 5.22. The summed E-state index contributed by atoms with van der Waals surface area (Å²) in [4.78, 5) is 13.9. The first kappa shape index (κ1) is 22.1. The Bertz CT molecular complexity index is 457. The van der Waals surface area contributed by atoms with Gasteiger partial charge >= 0.3 is 0 Å². The molecule has 5 nitrogen and oxygen atoms in total. The number of hydrogen-bond donors (Lipinski definition) is 2. The van der Waals surface area contributed by atoms with Crippen LogP contribution in [0.3, 0.4) is 0 Å². The zero-order valence-electron chi connectivity index (χ0n) is 13.1. The van der Waals surface area contributed by atoms with E-state index >= 15 is 0 Å². The van der Waals surface area contributed by atoms with Gasteiger partial charge in [-0.25, -0.2) is 4.39 Å². The summed E-state index contributed by atoms with van der Waals surface area (Å²) < 4.78 is 18.2. The van der Waals surface area contributed by atoms with Gasteiger partial charge in [0.2, 0.25) is 0 Å². The Morgan fingerprint density at radius 3 is 2.70 bits per heavy atom. The van der Waals surface area contributed by atoms with Crippen LogP contribution in [0.4, 0.5) is 4.39 Å². The molecule has 1 aromatic carbocycles. The molecule has 1 amide bonds. The van der Waals surface area contributed by atoms with Crippen molar-refractivity contribution in [2.45, 2.75) is 12.6 Å². The number of hydrogen-bond acceptors (Lipinski definition) is 4. The zero-order chi connectivity index (χ0) is 15.1. The van der Waals surface area contributed by atoms with Gasteiger partial charge in [0.05, 0.1) is 6.61 Å². The normalized spacial score (nSPS) is 17.1. The smallest absolute Gasteiger partial charge is 0.250 e. The Morgan fingerprint density at radius 1 is 1.39 bits per heavy atom. The van der Waals surface area contributed by atoms with E-state index in [0.717, 1.165) is 25.2 Å². The van der Waals surface area contributed by atoms with E-state index < -0.39 is 0 Å². The number of ether oxygens (including phenoxy) is 1. The van der Waals surface area contributed by atoms with Crippen molar-refractivity contribution >= 4 is 30.7 Å². The lowest BCUT2D eigenvalue weighted by molar-refractivity contribution is -0.134. The number of halogens is 3. The molecule has 0 bridgehead atoms. The first-order valence-corrected chi connectivity index (χ1v) is 7.18. The predicted octanol–water partition coefficient (Wildman–Crippen LogP) is 1.21. The van der Waals surface area contributed by atoms with Gasteiger partial charge in [0, 0.05) is 32.7 Å². The number of benzene rings is 1. The molecular formula is C15H24Cl2FN3O2. The average Bonchev–Trinajstić information content (AvgIpc) is 2.50. The Kier molecular flexibility index (Phi) is 11.1. The van der Waals surface area contributed by atoms with Crippen molar-refractivity contribution in [1.82, 2.24) is 15.5 Å². The Balaban J connectivity index is 0.00000242. The summed E-state index contributed by atoms with van der Waals surface area (Å²) in [7, 11) is 1.97. The molecule has 8 heteroatoms. The molecule has 23 heavy (non-hydrogen) atoms. The lowest BCUT2D eigenvalue weighted by Gasteiger charge is -2.23. The summed E-state index contributed by atoms with van der Waals surface area (Å²) in [5, 5.41) is 6.00. The summed E-state index contributed by atoms with van der Waals surface area (Å²) >= 11 is 0. The first-order valence-electron chi connectivity index (χ1n) is 7.18. The van der Waals surface area contributed by atoms with Crippen molar-refractivity contribution in [3.63, 3.8) is 0 Å². The van der Waals surface area contributed by atoms with E-state index in [-0.39, 0.29) is 42.6 Å². The van der Waals surface area contributed by atoms with Gasteiger partial charge in [-0.1, -0.05) is 12.1 Å². The summed E-state index contributed by atoms with van der Waals surface area (Å²) in [6, 6.07) is 6.45. The van der Waals surface area contributed by atoms with Gasteiger partial charge in [-0.05, 0) is 24.7 Å². The fourth-order valence-corrected chi connectivity index (χ4v) is 2.20. The molecule has 1 aromatic rings. The number of rotatable bonds is 6. The van der Waals surface area contributed by atoms with E-state index in [9.17, 15) is 9.18 Å². The van der Waals surface area contributed by atoms with Crippen LogP contribution in [0.1, 0.15) is 5.56 Å². The van der Waals surface area contributed by atoms with Gasteiger partial charge < -0.3 is 20.3 Å². The molecule has 2 rings (SSSR count). The number of nitrogens with one attached hydrogen (secondary N) is 2. The minimum absolute atomic E-state index is 0. The van der Waals surface area contributed by atoms with Crippen LogP contribution in [0.2, 0.25) is 0 Å². The second kappa shape index (κ2) is 11.6. The highest BCUT2D eigenvalue weighted by Crippen LogP contribution is 2.05. The van der Waals surface area contributed by atoms with Crippen molar-refractivity contribution < 1.29 is 13.9 Å². The minimum atomic E-state index is -0.388. The molecule has 1 heterocycles. The van der Waals surface area contributed by atoms with Crippen LogP contribution in [0.5, 0.6) is 0 Å². The number of carbonyl (C=O) groups excluding carboxylic acids is 1. The molecule has 0 saturated carbocycles. The Hall–Kier alpha value is -0.920. The summed E-state index contributed by atoms with van der Waals surface area (Å²) in [5.74, 6) is -0.299. The topological polar surface area (TPSA) is 53.6 Å². The van der Waals surface area contributed by atoms with Crippen LogP contribution < -0.4 is 10.6 Å². The summed E-state index contributed by atoms with van der Waals surface area (Å²) in [6.45, 7) is 3.95. The molecule has 1 saturated heterocycles. The van der Waals surface area contributed by atoms with Crippen LogP contribution >= 0.6 is 24.8 Å². The van der Waals surface area contributed by atoms with Gasteiger partial charge in [0.1, 0.15) is 11.9 Å². The summed E-state index contributed by atoms with van der Waals surface area (Å²) in [6.07, 6.45) is -0.388. The van der Waals surface area contributed by atoms with Crippen molar-refractivity contribution in [3.8, 4) is 0 Å². The number of likely N-dealkylation sites (N-methyl/N-ethyl adjacent to an activating group) is 1. The molecule has 0 radical (unpaired) electrons. The third-order valence-electron chi connectivity index (χ3n) is 3.38. The molecule has 0 aliphatic carbocycles. The number of amides is 1. The Morgan fingerprint density at radius 2 is 2.09 bits per heavy atom. The molecule has 2 N–H and O–H groups in total. The van der Waals surface area contributed by atoms with Gasteiger partial charge in [-0.15, -0.1) is 24.8 Å². The van der Waals surface area contributed by atoms with Crippen molar-refractivity contribution in [2.24, 2.45) is 0 Å². The van der Waals surface area contributed by atoms with E-state index in [2.05, 4.69) is 15.5 Å². The maximum atomic E-state index is 12.8. The van der Waals surface area contributed by atoms with E-state index in [1.165, 1.54) is 12.1 Å². The molecule has 1 aliphatic rings. The quantitative estimate of drug-likeness (QED) is 0.793. The van der Waals surface area contributed by atoms with Crippen LogP contribution in [-0.4, -0.2) is 56.7 Å². The van der Waals surface area contributed by atoms with Crippen LogP contribution in [0, 0.1) is 5.82 Å². The monoisotopic (exact) mass is 367 g/mol. The average molecular weight is 368 g/mol. The SMILES string of the molecule is CN(CCNC(=O)C1CNCCO1)Cc1ccc(F)cc1.Cl.Cl. The zero-order valence-corrected chi connectivity index (χ0v) is 14.7. The van der Waals surface area contributed by atoms with E-state index in [0.29, 0.717) is 19.7 Å². The third-order valence-corrected chi connectivity index (χ3v) is 3.38. The maximum Gasteiger partial charge on any atom is 0.250 e. The molecule has 1 aliphatic heterocycles. The molecule has 132 valence electrons. The van der Waals surface area contributed by atoms with E-state index in [1.54, 1.807) is 12.1 Å². The number of morpholine rings is 1. The maximum absolute atomic E-state index is 12.8. The molecule has 1 unspecified atom stereocenters. The van der Waals surface area contributed by atoms with Gasteiger partial charge in [0.25, 0.3) is 5.91 Å². The highest BCUT2D eigenvalue weighted by atomic mass is 35.5. The number of carbonyl (C=O) groups is 1. The van der Waals surface area contributed by atoms with Crippen molar-refractivity contribution in [1.29, 1.82) is 0 Å². The largest absolute Gasteiger partial charge is 0.366 e. The molecule has 1 fully saturated rings. The molecule has 0 aromatic heterocycles. The fraction of sp³-hybridized carbons (Fsp3) is 0.533. The third kappa shape index (κ3) is 7.94. The molecule has 0 spiro atoms. The van der Waals surface area contributed by atoms with Gasteiger partial charge in [0.15, 0.2) is 0 Å². The van der Waals surface area contributed by atoms with Gasteiger partial charge in [-0.2, -0.15) is 0 Å².